The van der Waals surface area contributed by atoms with Crippen molar-refractivity contribution in [2.45, 2.75) is 25.4 Å². The summed E-state index contributed by atoms with van der Waals surface area (Å²) in [5.74, 6) is 1.73. The third-order valence-corrected chi connectivity index (χ3v) is 5.28. The number of nitrogens with zero attached hydrogens (tertiary/aromatic N) is 3. The monoisotopic (exact) mass is 343 g/mol. The SMILES string of the molecule is Oc1ccc(CCN2C[C@H]3C[C@H](Oc4ccc(F)nc4)C[C@H]3C2)nc1. The van der Waals surface area contributed by atoms with Gasteiger partial charge in [0.1, 0.15) is 11.5 Å². The zero-order chi connectivity index (χ0) is 17.2. The van der Waals surface area contributed by atoms with Crippen molar-refractivity contribution in [2.75, 3.05) is 19.6 Å². The smallest absolute Gasteiger partial charge is 0.213 e. The van der Waals surface area contributed by atoms with Gasteiger partial charge in [0.2, 0.25) is 5.95 Å². The lowest BCUT2D eigenvalue weighted by atomic mass is 10.0. The fraction of sp³-hybridized carbons (Fsp3) is 0.474. The molecule has 0 radical (unpaired) electrons. The molecule has 2 fully saturated rings. The molecule has 1 aliphatic heterocycles. The molecule has 3 atom stereocenters. The van der Waals surface area contributed by atoms with Crippen LogP contribution in [0.2, 0.25) is 0 Å². The Bertz CT molecular complexity index is 694. The molecule has 0 amide bonds. The van der Waals surface area contributed by atoms with Gasteiger partial charge >= 0.3 is 0 Å². The van der Waals surface area contributed by atoms with Gasteiger partial charge in [-0.25, -0.2) is 4.98 Å². The highest BCUT2D eigenvalue weighted by molar-refractivity contribution is 5.18. The molecule has 0 aromatic carbocycles. The predicted octanol–water partition coefficient (Wildman–Crippen LogP) is 2.65. The topological polar surface area (TPSA) is 58.5 Å². The highest BCUT2D eigenvalue weighted by Crippen LogP contribution is 2.39. The van der Waals surface area contributed by atoms with Crippen molar-refractivity contribution in [3.63, 3.8) is 0 Å². The Morgan fingerprint density at radius 3 is 2.52 bits per heavy atom. The molecule has 1 saturated carbocycles. The van der Waals surface area contributed by atoms with Gasteiger partial charge < -0.3 is 14.7 Å². The van der Waals surface area contributed by atoms with Crippen LogP contribution in [0.5, 0.6) is 11.5 Å². The Morgan fingerprint density at radius 2 is 1.88 bits per heavy atom. The van der Waals surface area contributed by atoms with E-state index in [-0.39, 0.29) is 11.9 Å². The zero-order valence-corrected chi connectivity index (χ0v) is 14.0. The molecule has 1 N–H and O–H groups in total. The van der Waals surface area contributed by atoms with Crippen LogP contribution in [0.1, 0.15) is 18.5 Å². The summed E-state index contributed by atoms with van der Waals surface area (Å²) in [5.41, 5.74) is 1.01. The van der Waals surface area contributed by atoms with Gasteiger partial charge in [0.15, 0.2) is 0 Å². The summed E-state index contributed by atoms with van der Waals surface area (Å²) < 4.78 is 18.8. The van der Waals surface area contributed by atoms with E-state index in [4.69, 9.17) is 4.74 Å². The Morgan fingerprint density at radius 1 is 1.08 bits per heavy atom. The molecule has 25 heavy (non-hydrogen) atoms. The molecule has 4 rings (SSSR count). The summed E-state index contributed by atoms with van der Waals surface area (Å²) in [6.45, 7) is 3.20. The van der Waals surface area contributed by atoms with Crippen LogP contribution in [0.15, 0.2) is 36.7 Å². The first-order valence-corrected chi connectivity index (χ1v) is 8.80. The van der Waals surface area contributed by atoms with Crippen LogP contribution in [0.4, 0.5) is 4.39 Å². The number of halogens is 1. The van der Waals surface area contributed by atoms with E-state index < -0.39 is 5.95 Å². The minimum absolute atomic E-state index is 0.210. The van der Waals surface area contributed by atoms with Gasteiger partial charge in [-0.1, -0.05) is 0 Å². The number of fused-ring (bicyclic) bond motifs is 1. The van der Waals surface area contributed by atoms with Crippen LogP contribution < -0.4 is 4.74 Å². The van der Waals surface area contributed by atoms with Gasteiger partial charge in [0.05, 0.1) is 18.5 Å². The van der Waals surface area contributed by atoms with Gasteiger partial charge in [-0.15, -0.1) is 0 Å². The average Bonchev–Trinajstić information content (AvgIpc) is 3.14. The second-order valence-electron chi connectivity index (χ2n) is 7.07. The second-order valence-corrected chi connectivity index (χ2v) is 7.07. The van der Waals surface area contributed by atoms with Crippen molar-refractivity contribution in [1.82, 2.24) is 14.9 Å². The van der Waals surface area contributed by atoms with Gasteiger partial charge in [-0.05, 0) is 48.9 Å². The highest BCUT2D eigenvalue weighted by atomic mass is 19.1. The predicted molar refractivity (Wildman–Crippen MR) is 90.9 cm³/mol. The Hall–Kier alpha value is -2.21. The fourth-order valence-electron chi connectivity index (χ4n) is 4.08. The van der Waals surface area contributed by atoms with Gasteiger partial charge in [0.25, 0.3) is 0 Å². The first-order chi connectivity index (χ1) is 12.2. The largest absolute Gasteiger partial charge is 0.506 e. The lowest BCUT2D eigenvalue weighted by Crippen LogP contribution is -2.26. The van der Waals surface area contributed by atoms with Crippen LogP contribution in [0.3, 0.4) is 0 Å². The standard InChI is InChI=1S/C19H22FN3O2/c20-19-4-3-17(10-22-19)25-18-7-13-11-23(12-14(13)8-18)6-5-15-1-2-16(24)9-21-15/h1-4,9-10,13-14,18,24H,5-8,11-12H2/t13-,14+,18+. The van der Waals surface area contributed by atoms with E-state index >= 15 is 0 Å². The molecule has 6 heteroatoms. The van der Waals surface area contributed by atoms with E-state index in [0.29, 0.717) is 17.6 Å². The molecule has 3 heterocycles. The van der Waals surface area contributed by atoms with Gasteiger partial charge in [-0.3, -0.25) is 4.98 Å². The average molecular weight is 343 g/mol. The van der Waals surface area contributed by atoms with E-state index in [9.17, 15) is 9.50 Å². The van der Waals surface area contributed by atoms with Gasteiger partial charge in [-0.2, -0.15) is 4.39 Å². The number of ether oxygens (including phenoxy) is 1. The maximum Gasteiger partial charge on any atom is 0.213 e. The molecule has 1 saturated heterocycles. The van der Waals surface area contributed by atoms with Crippen LogP contribution in [-0.2, 0) is 6.42 Å². The van der Waals surface area contributed by atoms with E-state index in [0.717, 1.165) is 44.6 Å². The molecule has 2 aliphatic rings. The zero-order valence-electron chi connectivity index (χ0n) is 14.0. The van der Waals surface area contributed by atoms with Crippen LogP contribution >= 0.6 is 0 Å². The first-order valence-electron chi connectivity index (χ1n) is 8.80. The molecular weight excluding hydrogens is 321 g/mol. The second kappa shape index (κ2) is 6.96. The van der Waals surface area contributed by atoms with Crippen molar-refractivity contribution in [3.05, 3.63) is 48.3 Å². The highest BCUT2D eigenvalue weighted by Gasteiger charge is 2.41. The third-order valence-electron chi connectivity index (χ3n) is 5.28. The summed E-state index contributed by atoms with van der Waals surface area (Å²) in [7, 11) is 0. The first kappa shape index (κ1) is 16.3. The van der Waals surface area contributed by atoms with E-state index in [1.54, 1.807) is 12.1 Å². The van der Waals surface area contributed by atoms with Crippen LogP contribution in [0.25, 0.3) is 0 Å². The van der Waals surface area contributed by atoms with E-state index in [1.807, 2.05) is 6.07 Å². The maximum atomic E-state index is 12.9. The summed E-state index contributed by atoms with van der Waals surface area (Å²) in [6, 6.07) is 6.55. The quantitative estimate of drug-likeness (QED) is 0.846. The number of likely N-dealkylation sites (tertiary alicyclic amines) is 1. The lowest BCUT2D eigenvalue weighted by Gasteiger charge is -2.19. The molecule has 0 bridgehead atoms. The number of hydrogen-bond donors (Lipinski definition) is 1. The van der Waals surface area contributed by atoms with Crippen molar-refractivity contribution in [1.29, 1.82) is 0 Å². The van der Waals surface area contributed by atoms with Crippen molar-refractivity contribution >= 4 is 0 Å². The Balaban J connectivity index is 1.24. The molecule has 2 aromatic heterocycles. The number of rotatable bonds is 5. The van der Waals surface area contributed by atoms with E-state index in [1.165, 1.54) is 18.5 Å². The minimum Gasteiger partial charge on any atom is -0.506 e. The maximum absolute atomic E-state index is 12.9. The van der Waals surface area contributed by atoms with E-state index in [2.05, 4.69) is 14.9 Å². The number of hydrogen-bond acceptors (Lipinski definition) is 5. The third kappa shape index (κ3) is 3.90. The Kier molecular flexibility index (Phi) is 4.53. The molecule has 0 unspecified atom stereocenters. The molecular formula is C19H22FN3O2. The lowest BCUT2D eigenvalue weighted by molar-refractivity contribution is 0.185. The van der Waals surface area contributed by atoms with Crippen molar-refractivity contribution in [3.8, 4) is 11.5 Å². The summed E-state index contributed by atoms with van der Waals surface area (Å²) in [6.07, 6.45) is 6.18. The molecule has 5 nitrogen and oxygen atoms in total. The summed E-state index contributed by atoms with van der Waals surface area (Å²) in [4.78, 5) is 10.4. The van der Waals surface area contributed by atoms with Crippen molar-refractivity contribution in [2.24, 2.45) is 11.8 Å². The summed E-state index contributed by atoms with van der Waals surface area (Å²) in [5, 5.41) is 9.28. The van der Waals surface area contributed by atoms with Crippen LogP contribution in [-0.4, -0.2) is 45.7 Å². The fourth-order valence-corrected chi connectivity index (χ4v) is 4.08. The molecule has 0 spiro atoms. The van der Waals surface area contributed by atoms with Gasteiger partial charge in [0, 0.05) is 31.7 Å². The summed E-state index contributed by atoms with van der Waals surface area (Å²) >= 11 is 0. The number of aromatic hydroxyl groups is 1. The molecule has 2 aromatic rings. The number of pyridine rings is 2. The molecule has 132 valence electrons. The van der Waals surface area contributed by atoms with Crippen molar-refractivity contribution < 1.29 is 14.2 Å². The minimum atomic E-state index is -0.477. The number of aromatic nitrogens is 2. The normalized spacial score (nSPS) is 25.9. The Labute approximate surface area is 146 Å². The van der Waals surface area contributed by atoms with Crippen LogP contribution in [0, 0.1) is 17.8 Å². The molecule has 1 aliphatic carbocycles.